The van der Waals surface area contributed by atoms with Gasteiger partial charge < -0.3 is 19.6 Å². The van der Waals surface area contributed by atoms with E-state index in [2.05, 4.69) is 4.98 Å². The molecule has 1 aromatic carbocycles. The maximum atomic E-state index is 11.1. The fraction of sp³-hybridized carbons (Fsp3) is 0.357. The van der Waals surface area contributed by atoms with Crippen LogP contribution in [0.15, 0.2) is 12.1 Å². The molecule has 4 rings (SSSR count). The van der Waals surface area contributed by atoms with Gasteiger partial charge in [-0.25, -0.2) is 0 Å². The number of ether oxygens (including phenoxy) is 2. The number of H-pyrrole nitrogens is 1. The van der Waals surface area contributed by atoms with Crippen molar-refractivity contribution in [1.29, 1.82) is 0 Å². The van der Waals surface area contributed by atoms with Crippen molar-refractivity contribution in [3.05, 3.63) is 23.4 Å². The number of hydrogen-bond donors (Lipinski definition) is 2. The Labute approximate surface area is 109 Å². The zero-order valence-corrected chi connectivity index (χ0v) is 10.2. The maximum absolute atomic E-state index is 11.1. The minimum Gasteiger partial charge on any atom is -0.481 e. The van der Waals surface area contributed by atoms with Gasteiger partial charge in [0, 0.05) is 29.1 Å². The fourth-order valence-corrected chi connectivity index (χ4v) is 3.03. The summed E-state index contributed by atoms with van der Waals surface area (Å²) in [5.41, 5.74) is 3.27. The summed E-state index contributed by atoms with van der Waals surface area (Å²) < 4.78 is 10.8. The van der Waals surface area contributed by atoms with Crippen LogP contribution < -0.4 is 9.47 Å². The summed E-state index contributed by atoms with van der Waals surface area (Å²) in [6.45, 7) is 0.269. The summed E-state index contributed by atoms with van der Waals surface area (Å²) in [6, 6.07) is 3.93. The van der Waals surface area contributed by atoms with Gasteiger partial charge in [0.25, 0.3) is 0 Å². The van der Waals surface area contributed by atoms with E-state index in [0.29, 0.717) is 12.8 Å². The van der Waals surface area contributed by atoms with Gasteiger partial charge in [0.15, 0.2) is 11.5 Å². The predicted molar refractivity (Wildman–Crippen MR) is 67.6 cm³/mol. The Morgan fingerprint density at radius 1 is 1.32 bits per heavy atom. The monoisotopic (exact) mass is 259 g/mol. The van der Waals surface area contributed by atoms with Crippen LogP contribution in [0.4, 0.5) is 0 Å². The SMILES string of the molecule is O=C(O)C1CCc2c([nH]c3cc4c(cc23)OCO4)C1. The third-order valence-corrected chi connectivity index (χ3v) is 4.03. The standard InChI is InChI=1S/C14H13NO4/c16-14(17)7-1-2-8-9-4-12-13(19-6-18-12)5-11(9)15-10(8)3-7/h4-5,7,15H,1-3,6H2,(H,16,17). The molecule has 0 saturated carbocycles. The average Bonchev–Trinajstić information content (AvgIpc) is 2.97. The number of aryl methyl sites for hydroxylation is 1. The summed E-state index contributed by atoms with van der Waals surface area (Å²) in [7, 11) is 0. The molecule has 1 aliphatic carbocycles. The van der Waals surface area contributed by atoms with E-state index in [0.717, 1.165) is 34.5 Å². The number of aromatic amines is 1. The lowest BCUT2D eigenvalue weighted by atomic mass is 9.87. The largest absolute Gasteiger partial charge is 0.481 e. The lowest BCUT2D eigenvalue weighted by Gasteiger charge is -2.18. The molecule has 2 aromatic rings. The Morgan fingerprint density at radius 3 is 2.89 bits per heavy atom. The van der Waals surface area contributed by atoms with Crippen molar-refractivity contribution >= 4 is 16.9 Å². The van der Waals surface area contributed by atoms with E-state index < -0.39 is 5.97 Å². The molecule has 2 N–H and O–H groups in total. The van der Waals surface area contributed by atoms with Gasteiger partial charge in [0.2, 0.25) is 6.79 Å². The first-order valence-corrected chi connectivity index (χ1v) is 6.38. The number of aliphatic carboxylic acids is 1. The minimum atomic E-state index is -0.710. The van der Waals surface area contributed by atoms with E-state index in [1.807, 2.05) is 12.1 Å². The molecule has 0 amide bonds. The highest BCUT2D eigenvalue weighted by atomic mass is 16.7. The summed E-state index contributed by atoms with van der Waals surface area (Å²) in [6.07, 6.45) is 2.07. The van der Waals surface area contributed by atoms with Crippen molar-refractivity contribution in [3.63, 3.8) is 0 Å². The highest BCUT2D eigenvalue weighted by molar-refractivity contribution is 5.89. The first-order chi connectivity index (χ1) is 9.22. The van der Waals surface area contributed by atoms with Gasteiger partial charge in [0.05, 0.1) is 5.92 Å². The molecule has 0 spiro atoms. The van der Waals surface area contributed by atoms with Crippen LogP contribution in [0.3, 0.4) is 0 Å². The maximum Gasteiger partial charge on any atom is 0.306 e. The van der Waals surface area contributed by atoms with Gasteiger partial charge >= 0.3 is 5.97 Å². The number of hydrogen-bond acceptors (Lipinski definition) is 3. The number of benzene rings is 1. The second-order valence-corrected chi connectivity index (χ2v) is 5.11. The van der Waals surface area contributed by atoms with E-state index in [9.17, 15) is 4.79 Å². The number of nitrogens with one attached hydrogen (secondary N) is 1. The summed E-state index contributed by atoms with van der Waals surface area (Å²) in [4.78, 5) is 14.4. The van der Waals surface area contributed by atoms with Gasteiger partial charge in [-0.2, -0.15) is 0 Å². The Bertz CT molecular complexity index is 688. The molecular weight excluding hydrogens is 246 g/mol. The molecule has 1 unspecified atom stereocenters. The van der Waals surface area contributed by atoms with Crippen LogP contribution in [0.1, 0.15) is 17.7 Å². The van der Waals surface area contributed by atoms with Crippen molar-refractivity contribution in [2.75, 3.05) is 6.79 Å². The number of rotatable bonds is 1. The van der Waals surface area contributed by atoms with E-state index >= 15 is 0 Å². The van der Waals surface area contributed by atoms with Crippen LogP contribution in [-0.4, -0.2) is 22.9 Å². The van der Waals surface area contributed by atoms with Crippen LogP contribution in [0.2, 0.25) is 0 Å². The van der Waals surface area contributed by atoms with E-state index in [-0.39, 0.29) is 12.7 Å². The molecule has 1 atom stereocenters. The highest BCUT2D eigenvalue weighted by Crippen LogP contribution is 2.40. The second kappa shape index (κ2) is 3.66. The Kier molecular flexibility index (Phi) is 2.07. The lowest BCUT2D eigenvalue weighted by molar-refractivity contribution is -0.142. The molecule has 98 valence electrons. The third-order valence-electron chi connectivity index (χ3n) is 4.03. The van der Waals surface area contributed by atoms with E-state index in [1.54, 1.807) is 0 Å². The summed E-state index contributed by atoms with van der Waals surface area (Å²) in [5, 5.41) is 10.2. The van der Waals surface area contributed by atoms with Crippen LogP contribution in [-0.2, 0) is 17.6 Å². The minimum absolute atomic E-state index is 0.269. The van der Waals surface area contributed by atoms with Crippen LogP contribution >= 0.6 is 0 Å². The van der Waals surface area contributed by atoms with Crippen molar-refractivity contribution < 1.29 is 19.4 Å². The Hall–Kier alpha value is -2.17. The van der Waals surface area contributed by atoms with Gasteiger partial charge in [-0.05, 0) is 24.5 Å². The molecule has 2 heterocycles. The normalized spacial score (nSPS) is 20.5. The molecule has 0 fully saturated rings. The topological polar surface area (TPSA) is 71.5 Å². The number of carbonyl (C=O) groups is 1. The van der Waals surface area contributed by atoms with Gasteiger partial charge in [-0.3, -0.25) is 4.79 Å². The first kappa shape index (κ1) is 10.7. The molecule has 1 aromatic heterocycles. The number of aromatic nitrogens is 1. The predicted octanol–water partition coefficient (Wildman–Crippen LogP) is 2.09. The zero-order valence-electron chi connectivity index (χ0n) is 10.2. The molecule has 0 bridgehead atoms. The van der Waals surface area contributed by atoms with Gasteiger partial charge in [-0.1, -0.05) is 0 Å². The molecule has 0 radical (unpaired) electrons. The fourth-order valence-electron chi connectivity index (χ4n) is 3.03. The lowest BCUT2D eigenvalue weighted by Crippen LogP contribution is -2.21. The summed E-state index contributed by atoms with van der Waals surface area (Å²) >= 11 is 0. The van der Waals surface area contributed by atoms with Crippen molar-refractivity contribution in [1.82, 2.24) is 4.98 Å². The van der Waals surface area contributed by atoms with Crippen LogP contribution in [0, 0.1) is 5.92 Å². The number of fused-ring (bicyclic) bond motifs is 4. The molecule has 2 aliphatic rings. The number of carboxylic acid groups (broad SMARTS) is 1. The Balaban J connectivity index is 1.84. The number of carboxylic acids is 1. The first-order valence-electron chi connectivity index (χ1n) is 6.38. The molecule has 1 aliphatic heterocycles. The molecule has 0 saturated heterocycles. The van der Waals surface area contributed by atoms with Crippen LogP contribution in [0.5, 0.6) is 11.5 Å². The molecule has 19 heavy (non-hydrogen) atoms. The third kappa shape index (κ3) is 1.51. The van der Waals surface area contributed by atoms with Crippen molar-refractivity contribution in [3.8, 4) is 11.5 Å². The quantitative estimate of drug-likeness (QED) is 0.822. The van der Waals surface area contributed by atoms with Crippen molar-refractivity contribution in [2.45, 2.75) is 19.3 Å². The van der Waals surface area contributed by atoms with Gasteiger partial charge in [0.1, 0.15) is 0 Å². The molecular formula is C14H13NO4. The molecule has 5 nitrogen and oxygen atoms in total. The summed E-state index contributed by atoms with van der Waals surface area (Å²) in [5.74, 6) is 0.536. The van der Waals surface area contributed by atoms with E-state index in [4.69, 9.17) is 14.6 Å². The Morgan fingerprint density at radius 2 is 2.11 bits per heavy atom. The van der Waals surface area contributed by atoms with Gasteiger partial charge in [-0.15, -0.1) is 0 Å². The zero-order chi connectivity index (χ0) is 13.0. The highest BCUT2D eigenvalue weighted by Gasteiger charge is 2.28. The second-order valence-electron chi connectivity index (χ2n) is 5.11. The average molecular weight is 259 g/mol. The molecule has 5 heteroatoms. The van der Waals surface area contributed by atoms with Crippen molar-refractivity contribution in [2.24, 2.45) is 5.92 Å². The van der Waals surface area contributed by atoms with E-state index in [1.165, 1.54) is 5.56 Å². The smallest absolute Gasteiger partial charge is 0.306 e. The van der Waals surface area contributed by atoms with Crippen LogP contribution in [0.25, 0.3) is 10.9 Å².